The lowest BCUT2D eigenvalue weighted by Gasteiger charge is -2.27. The number of methoxy groups -OCH3 is 1. The van der Waals surface area contributed by atoms with E-state index in [-0.39, 0.29) is 30.3 Å². The van der Waals surface area contributed by atoms with Gasteiger partial charge in [0.2, 0.25) is 5.91 Å². The van der Waals surface area contributed by atoms with Crippen molar-refractivity contribution in [2.24, 2.45) is 11.7 Å². The van der Waals surface area contributed by atoms with Crippen LogP contribution in [0.1, 0.15) is 37.3 Å². The van der Waals surface area contributed by atoms with E-state index in [0.717, 1.165) is 25.7 Å². The molecule has 0 heterocycles. The molecule has 1 aliphatic carbocycles. The van der Waals surface area contributed by atoms with E-state index in [1.807, 2.05) is 0 Å². The number of carbonyl (C=O) groups is 1. The van der Waals surface area contributed by atoms with Gasteiger partial charge in [0.05, 0.1) is 12.6 Å². The molecule has 1 aromatic rings. The van der Waals surface area contributed by atoms with Gasteiger partial charge in [-0.3, -0.25) is 4.79 Å². The summed E-state index contributed by atoms with van der Waals surface area (Å²) in [5.74, 6) is -0.312. The highest BCUT2D eigenvalue weighted by molar-refractivity contribution is 5.82. The van der Waals surface area contributed by atoms with Gasteiger partial charge in [-0.1, -0.05) is 31.0 Å². The highest BCUT2D eigenvalue weighted by Crippen LogP contribution is 2.36. The summed E-state index contributed by atoms with van der Waals surface area (Å²) in [5.41, 5.74) is 6.30. The van der Waals surface area contributed by atoms with E-state index in [0.29, 0.717) is 5.56 Å². The molecular weight excluding hydrogens is 271 g/mol. The van der Waals surface area contributed by atoms with E-state index >= 15 is 0 Å². The second-order valence-corrected chi connectivity index (χ2v) is 5.61. The second-order valence-electron chi connectivity index (χ2n) is 5.61. The first kappa shape index (κ1) is 15.9. The van der Waals surface area contributed by atoms with Crippen LogP contribution in [0.5, 0.6) is 0 Å². The molecule has 2 atom stereocenters. The molecule has 21 heavy (non-hydrogen) atoms. The van der Waals surface area contributed by atoms with Gasteiger partial charge in [0.1, 0.15) is 11.9 Å². The van der Waals surface area contributed by atoms with Crippen molar-refractivity contribution in [2.75, 3.05) is 13.7 Å². The maximum atomic E-state index is 14.1. The quantitative estimate of drug-likeness (QED) is 0.845. The van der Waals surface area contributed by atoms with E-state index < -0.39 is 6.04 Å². The molecular formula is C16H23FN2O2. The Morgan fingerprint density at radius 3 is 2.71 bits per heavy atom. The van der Waals surface area contributed by atoms with Gasteiger partial charge >= 0.3 is 0 Å². The molecule has 0 bridgehead atoms. The highest BCUT2D eigenvalue weighted by atomic mass is 19.1. The number of hydrogen-bond acceptors (Lipinski definition) is 3. The Bertz CT molecular complexity index is 475. The third kappa shape index (κ3) is 4.02. The zero-order valence-electron chi connectivity index (χ0n) is 12.3. The first-order valence-corrected chi connectivity index (χ1v) is 7.42. The Morgan fingerprint density at radius 1 is 1.43 bits per heavy atom. The molecule has 0 aliphatic heterocycles. The average Bonchev–Trinajstić information content (AvgIpc) is 2.99. The maximum Gasteiger partial charge on any atom is 0.239 e. The minimum atomic E-state index is -0.731. The Balaban J connectivity index is 2.17. The van der Waals surface area contributed by atoms with Crippen molar-refractivity contribution >= 4 is 5.91 Å². The summed E-state index contributed by atoms with van der Waals surface area (Å²) in [7, 11) is 1.50. The molecule has 1 aromatic carbocycles. The number of ether oxygens (including phenoxy) is 1. The SMILES string of the molecule is COCC(N)C(=O)NC(c1ccccc1F)C1CCCC1. The number of amides is 1. The fraction of sp³-hybridized carbons (Fsp3) is 0.562. The number of rotatable bonds is 6. The fourth-order valence-electron chi connectivity index (χ4n) is 2.98. The van der Waals surface area contributed by atoms with Crippen LogP contribution in [0.4, 0.5) is 4.39 Å². The molecule has 1 fully saturated rings. The van der Waals surface area contributed by atoms with Crippen molar-refractivity contribution in [1.82, 2.24) is 5.32 Å². The summed E-state index contributed by atoms with van der Waals surface area (Å²) >= 11 is 0. The molecule has 0 aromatic heterocycles. The Kier molecular flexibility index (Phi) is 5.70. The first-order chi connectivity index (χ1) is 10.1. The lowest BCUT2D eigenvalue weighted by molar-refractivity contribution is -0.124. The summed E-state index contributed by atoms with van der Waals surface area (Å²) in [6.45, 7) is 0.153. The molecule has 1 aliphatic rings. The minimum Gasteiger partial charge on any atom is -0.383 e. The van der Waals surface area contributed by atoms with Crippen molar-refractivity contribution in [3.8, 4) is 0 Å². The zero-order chi connectivity index (χ0) is 15.2. The third-order valence-corrected chi connectivity index (χ3v) is 4.09. The third-order valence-electron chi connectivity index (χ3n) is 4.09. The van der Waals surface area contributed by atoms with Crippen LogP contribution in [-0.2, 0) is 9.53 Å². The normalized spacial score (nSPS) is 18.4. The Morgan fingerprint density at radius 2 is 2.10 bits per heavy atom. The van der Waals surface area contributed by atoms with Gasteiger partial charge in [-0.05, 0) is 24.8 Å². The summed E-state index contributed by atoms with van der Waals surface area (Å²) in [6.07, 6.45) is 4.24. The molecule has 2 rings (SSSR count). The van der Waals surface area contributed by atoms with E-state index in [9.17, 15) is 9.18 Å². The van der Waals surface area contributed by atoms with Crippen molar-refractivity contribution in [1.29, 1.82) is 0 Å². The van der Waals surface area contributed by atoms with Gasteiger partial charge in [-0.25, -0.2) is 4.39 Å². The molecule has 3 N–H and O–H groups in total. The van der Waals surface area contributed by atoms with Crippen molar-refractivity contribution in [2.45, 2.75) is 37.8 Å². The van der Waals surface area contributed by atoms with Crippen molar-refractivity contribution in [3.63, 3.8) is 0 Å². The maximum absolute atomic E-state index is 14.1. The minimum absolute atomic E-state index is 0.153. The molecule has 0 radical (unpaired) electrons. The van der Waals surface area contributed by atoms with Gasteiger partial charge in [-0.15, -0.1) is 0 Å². The number of carbonyl (C=O) groups excluding carboxylic acids is 1. The lowest BCUT2D eigenvalue weighted by Crippen LogP contribution is -2.46. The summed E-state index contributed by atoms with van der Waals surface area (Å²) in [4.78, 5) is 12.1. The molecule has 1 amide bonds. The van der Waals surface area contributed by atoms with Crippen LogP contribution in [0.2, 0.25) is 0 Å². The largest absolute Gasteiger partial charge is 0.383 e. The average molecular weight is 294 g/mol. The van der Waals surface area contributed by atoms with Gasteiger partial charge in [-0.2, -0.15) is 0 Å². The Labute approximate surface area is 124 Å². The summed E-state index contributed by atoms with van der Waals surface area (Å²) in [6, 6.07) is 5.57. The van der Waals surface area contributed by atoms with Crippen LogP contribution in [0, 0.1) is 11.7 Å². The molecule has 0 spiro atoms. The molecule has 1 saturated carbocycles. The van der Waals surface area contributed by atoms with Crippen LogP contribution in [0.15, 0.2) is 24.3 Å². The van der Waals surface area contributed by atoms with Crippen LogP contribution in [-0.4, -0.2) is 25.7 Å². The predicted molar refractivity (Wildman–Crippen MR) is 79.1 cm³/mol. The summed E-state index contributed by atoms with van der Waals surface area (Å²) < 4.78 is 19.0. The number of nitrogens with two attached hydrogens (primary N) is 1. The van der Waals surface area contributed by atoms with Crippen molar-refractivity contribution in [3.05, 3.63) is 35.6 Å². The highest BCUT2D eigenvalue weighted by Gasteiger charge is 2.30. The number of nitrogens with one attached hydrogen (secondary N) is 1. The number of halogens is 1. The fourth-order valence-corrected chi connectivity index (χ4v) is 2.98. The van der Waals surface area contributed by atoms with Crippen LogP contribution in [0.25, 0.3) is 0 Å². The second kappa shape index (κ2) is 7.52. The molecule has 2 unspecified atom stereocenters. The topological polar surface area (TPSA) is 64.3 Å². The van der Waals surface area contributed by atoms with Gasteiger partial charge < -0.3 is 15.8 Å². The molecule has 5 heteroatoms. The van der Waals surface area contributed by atoms with Crippen LogP contribution < -0.4 is 11.1 Å². The van der Waals surface area contributed by atoms with Gasteiger partial charge in [0, 0.05) is 12.7 Å². The lowest BCUT2D eigenvalue weighted by atomic mass is 9.91. The molecule has 4 nitrogen and oxygen atoms in total. The molecule has 0 saturated heterocycles. The zero-order valence-corrected chi connectivity index (χ0v) is 12.3. The summed E-state index contributed by atoms with van der Waals surface area (Å²) in [5, 5.41) is 2.92. The number of hydrogen-bond donors (Lipinski definition) is 2. The van der Waals surface area contributed by atoms with E-state index in [4.69, 9.17) is 10.5 Å². The standard InChI is InChI=1S/C16H23FN2O2/c1-21-10-14(18)16(20)19-15(11-6-2-3-7-11)12-8-4-5-9-13(12)17/h4-5,8-9,11,14-15H,2-3,6-7,10,18H2,1H3,(H,19,20). The smallest absolute Gasteiger partial charge is 0.239 e. The van der Waals surface area contributed by atoms with E-state index in [1.54, 1.807) is 18.2 Å². The first-order valence-electron chi connectivity index (χ1n) is 7.42. The Hall–Kier alpha value is -1.46. The van der Waals surface area contributed by atoms with Gasteiger partial charge in [0.25, 0.3) is 0 Å². The van der Waals surface area contributed by atoms with Crippen LogP contribution in [0.3, 0.4) is 0 Å². The predicted octanol–water partition coefficient (Wildman–Crippen LogP) is 2.15. The van der Waals surface area contributed by atoms with E-state index in [2.05, 4.69) is 5.32 Å². The van der Waals surface area contributed by atoms with E-state index in [1.165, 1.54) is 13.2 Å². The monoisotopic (exact) mass is 294 g/mol. The van der Waals surface area contributed by atoms with Crippen LogP contribution >= 0.6 is 0 Å². The number of benzene rings is 1. The molecule has 116 valence electrons. The van der Waals surface area contributed by atoms with Crippen molar-refractivity contribution < 1.29 is 13.9 Å². The van der Waals surface area contributed by atoms with Gasteiger partial charge in [0.15, 0.2) is 0 Å².